The molecule has 2 amide bonds. The number of pyridine rings is 1. The molecule has 0 aliphatic carbocycles. The second-order valence-corrected chi connectivity index (χ2v) is 12.2. The molecule has 2 aliphatic heterocycles. The van der Waals surface area contributed by atoms with Crippen molar-refractivity contribution < 1.29 is 40.7 Å². The smallest absolute Gasteiger partial charge is 0.418 e. The number of piperazine rings is 1. The average Bonchev–Trinajstić information content (AvgIpc) is 3.43. The number of piperidine rings is 1. The summed E-state index contributed by atoms with van der Waals surface area (Å²) in [5.74, 6) is -0.757. The fourth-order valence-corrected chi connectivity index (χ4v) is 6.58. The number of nitrogen functional groups attached to an aromatic ring is 1. The van der Waals surface area contributed by atoms with E-state index in [1.54, 1.807) is 53.4 Å². The summed E-state index contributed by atoms with van der Waals surface area (Å²) in [5, 5.41) is 0. The monoisotopic (exact) mass is 705 g/mol. The third kappa shape index (κ3) is 7.21. The molecule has 0 unspecified atom stereocenters. The second-order valence-electron chi connectivity index (χ2n) is 12.2. The number of likely N-dealkylation sites (tertiary alicyclic amines) is 1. The van der Waals surface area contributed by atoms with Gasteiger partial charge in [0.15, 0.2) is 6.10 Å². The van der Waals surface area contributed by atoms with Gasteiger partial charge in [0.25, 0.3) is 5.91 Å². The highest BCUT2D eigenvalue weighted by molar-refractivity contribution is 5.84. The number of aromatic amines is 1. The molecular weight excluding hydrogens is 672 g/mol. The summed E-state index contributed by atoms with van der Waals surface area (Å²) in [6.07, 6.45) is -9.97. The molecule has 0 saturated carbocycles. The number of imidazole rings is 1. The Morgan fingerprint density at radius 3 is 2.08 bits per heavy atom. The van der Waals surface area contributed by atoms with Crippen molar-refractivity contribution in [2.24, 2.45) is 0 Å². The molecule has 2 aliphatic rings. The standard InChI is InChI=1S/C33H33F6N7O4/c34-32(35,36)23-17-20(18-24(28(23)40)33(37,38)39)19-27(29(47)44-15-13-43(14-16-44)21-5-9-41-10-6-21)50-31(49)45-11-7-22(8-12-45)46-26-4-2-1-3-25(26)42-30(46)48/h1-6,9-10,17-18,22,27H,7-8,11-16,19,40H2,(H,42,48)/t27-/m1/s1. The number of nitrogens with two attached hydrogens (primary N) is 1. The summed E-state index contributed by atoms with van der Waals surface area (Å²) in [6.45, 7) is 1.30. The summed E-state index contributed by atoms with van der Waals surface area (Å²) >= 11 is 0. The zero-order valence-corrected chi connectivity index (χ0v) is 26.5. The van der Waals surface area contributed by atoms with Crippen LogP contribution in [0.25, 0.3) is 11.0 Å². The Morgan fingerprint density at radius 2 is 1.48 bits per heavy atom. The number of amides is 2. The Morgan fingerprint density at radius 1 is 0.880 bits per heavy atom. The molecule has 3 N–H and O–H groups in total. The molecule has 6 rings (SSSR count). The second kappa shape index (κ2) is 13.6. The fraction of sp³-hybridized carbons (Fsp3) is 0.394. The quantitative estimate of drug-likeness (QED) is 0.212. The first-order chi connectivity index (χ1) is 23.7. The van der Waals surface area contributed by atoms with Gasteiger partial charge in [-0.15, -0.1) is 0 Å². The van der Waals surface area contributed by atoms with Crippen LogP contribution in [0.1, 0.15) is 35.6 Å². The molecule has 0 spiro atoms. The molecule has 2 aromatic heterocycles. The molecule has 17 heteroatoms. The summed E-state index contributed by atoms with van der Waals surface area (Å²) in [6, 6.07) is 11.4. The van der Waals surface area contributed by atoms with E-state index in [2.05, 4.69) is 9.97 Å². The first-order valence-electron chi connectivity index (χ1n) is 15.9. The van der Waals surface area contributed by atoms with Crippen molar-refractivity contribution in [2.75, 3.05) is 49.9 Å². The number of carbonyl (C=O) groups is 2. The first-order valence-corrected chi connectivity index (χ1v) is 15.9. The van der Waals surface area contributed by atoms with Crippen molar-refractivity contribution >= 4 is 34.4 Å². The largest absolute Gasteiger partial charge is 0.436 e. The van der Waals surface area contributed by atoms with Gasteiger partial charge in [-0.25, -0.2) is 9.59 Å². The van der Waals surface area contributed by atoms with Gasteiger partial charge in [-0.3, -0.25) is 14.3 Å². The maximum Gasteiger partial charge on any atom is 0.418 e. The number of benzene rings is 2. The summed E-state index contributed by atoms with van der Waals surface area (Å²) in [5.41, 5.74) is 1.80. The van der Waals surface area contributed by atoms with Crippen LogP contribution in [0.15, 0.2) is 65.7 Å². The van der Waals surface area contributed by atoms with Crippen LogP contribution in [-0.2, 0) is 28.3 Å². The topological polar surface area (TPSA) is 130 Å². The maximum absolute atomic E-state index is 13.9. The highest BCUT2D eigenvalue weighted by Gasteiger charge is 2.42. The van der Waals surface area contributed by atoms with Crippen molar-refractivity contribution in [2.45, 2.75) is 43.8 Å². The van der Waals surface area contributed by atoms with E-state index in [-0.39, 0.29) is 37.9 Å². The predicted octanol–water partition coefficient (Wildman–Crippen LogP) is 5.08. The number of nitrogens with zero attached hydrogens (tertiary/aromatic N) is 5. The molecule has 4 aromatic rings. The normalized spacial score (nSPS) is 16.9. The number of fused-ring (bicyclic) bond motifs is 1. The Balaban J connectivity index is 1.22. The summed E-state index contributed by atoms with van der Waals surface area (Å²) in [4.78, 5) is 51.5. The molecule has 11 nitrogen and oxygen atoms in total. The van der Waals surface area contributed by atoms with Crippen LogP contribution < -0.4 is 16.3 Å². The van der Waals surface area contributed by atoms with Crippen LogP contribution in [0.2, 0.25) is 0 Å². The number of para-hydroxylation sites is 2. The molecule has 2 fully saturated rings. The van der Waals surface area contributed by atoms with E-state index in [4.69, 9.17) is 10.5 Å². The highest BCUT2D eigenvalue weighted by Crippen LogP contribution is 2.42. The predicted molar refractivity (Wildman–Crippen MR) is 170 cm³/mol. The number of H-pyrrole nitrogens is 1. The lowest BCUT2D eigenvalue weighted by Crippen LogP contribution is -2.53. The fourth-order valence-electron chi connectivity index (χ4n) is 6.58. The van der Waals surface area contributed by atoms with Crippen LogP contribution in [-0.4, -0.2) is 81.7 Å². The van der Waals surface area contributed by atoms with Crippen molar-refractivity contribution in [3.8, 4) is 0 Å². The van der Waals surface area contributed by atoms with Crippen molar-refractivity contribution in [3.05, 3.63) is 88.1 Å². The molecular formula is C33H33F6N7O4. The van der Waals surface area contributed by atoms with Gasteiger partial charge < -0.3 is 30.2 Å². The van der Waals surface area contributed by atoms with E-state index in [9.17, 15) is 40.7 Å². The van der Waals surface area contributed by atoms with Gasteiger partial charge in [-0.05, 0) is 54.8 Å². The van der Waals surface area contributed by atoms with Gasteiger partial charge in [-0.1, -0.05) is 12.1 Å². The number of halogens is 6. The first kappa shape index (κ1) is 34.6. The summed E-state index contributed by atoms with van der Waals surface area (Å²) in [7, 11) is 0. The van der Waals surface area contributed by atoms with Gasteiger partial charge in [0.1, 0.15) is 0 Å². The van der Waals surface area contributed by atoms with Crippen molar-refractivity contribution in [1.82, 2.24) is 24.3 Å². The number of ether oxygens (including phenoxy) is 1. The van der Waals surface area contributed by atoms with Gasteiger partial charge in [0.2, 0.25) is 0 Å². The van der Waals surface area contributed by atoms with Crippen molar-refractivity contribution in [3.63, 3.8) is 0 Å². The van der Waals surface area contributed by atoms with E-state index in [0.717, 1.165) is 5.69 Å². The minimum Gasteiger partial charge on any atom is -0.436 e. The third-order valence-corrected chi connectivity index (χ3v) is 9.12. The maximum atomic E-state index is 13.9. The van der Waals surface area contributed by atoms with Gasteiger partial charge in [0, 0.05) is 69.8 Å². The molecule has 4 heterocycles. The molecule has 2 saturated heterocycles. The van der Waals surface area contributed by atoms with E-state index in [1.807, 2.05) is 4.90 Å². The van der Waals surface area contributed by atoms with Gasteiger partial charge in [-0.2, -0.15) is 26.3 Å². The number of carbonyl (C=O) groups excluding carboxylic acids is 2. The van der Waals surface area contributed by atoms with E-state index >= 15 is 0 Å². The minimum atomic E-state index is -5.23. The zero-order chi connectivity index (χ0) is 35.8. The van der Waals surface area contributed by atoms with Crippen LogP contribution in [0.4, 0.5) is 42.5 Å². The van der Waals surface area contributed by atoms with Crippen LogP contribution in [0.5, 0.6) is 0 Å². The van der Waals surface area contributed by atoms with Gasteiger partial charge in [0.05, 0.1) is 27.8 Å². The number of nitrogens with one attached hydrogen (secondary N) is 1. The molecule has 0 bridgehead atoms. The number of anilines is 2. The highest BCUT2D eigenvalue weighted by atomic mass is 19.4. The number of alkyl halides is 6. The van der Waals surface area contributed by atoms with Crippen LogP contribution in [0, 0.1) is 0 Å². The number of rotatable bonds is 6. The third-order valence-electron chi connectivity index (χ3n) is 9.12. The molecule has 266 valence electrons. The summed E-state index contributed by atoms with van der Waals surface area (Å²) < 4.78 is 90.1. The average molecular weight is 706 g/mol. The van der Waals surface area contributed by atoms with Gasteiger partial charge >= 0.3 is 24.1 Å². The molecule has 2 aromatic carbocycles. The Bertz CT molecular complexity index is 1880. The van der Waals surface area contributed by atoms with E-state index in [0.29, 0.717) is 49.1 Å². The lowest BCUT2D eigenvalue weighted by molar-refractivity contribution is -0.141. The number of aromatic nitrogens is 3. The SMILES string of the molecule is Nc1c(C(F)(F)F)cc(C[C@@H](OC(=O)N2CCC(n3c(=O)[nH]c4ccccc43)CC2)C(=O)N2CCN(c3ccncc3)CC2)cc1C(F)(F)F. The minimum absolute atomic E-state index is 0.124. The lowest BCUT2D eigenvalue weighted by atomic mass is 9.97. The van der Waals surface area contributed by atoms with E-state index in [1.165, 1.54) is 9.80 Å². The molecule has 1 atom stereocenters. The Hall–Kier alpha value is -5.22. The van der Waals surface area contributed by atoms with Crippen LogP contribution in [0.3, 0.4) is 0 Å². The number of hydrogen-bond donors (Lipinski definition) is 2. The molecule has 50 heavy (non-hydrogen) atoms. The Kier molecular flexibility index (Phi) is 9.41. The number of hydrogen-bond acceptors (Lipinski definition) is 7. The van der Waals surface area contributed by atoms with Crippen LogP contribution >= 0.6 is 0 Å². The molecule has 0 radical (unpaired) electrons. The zero-order valence-electron chi connectivity index (χ0n) is 26.5. The lowest BCUT2D eigenvalue weighted by Gasteiger charge is -2.38. The Labute approximate surface area is 281 Å². The van der Waals surface area contributed by atoms with Crippen molar-refractivity contribution in [1.29, 1.82) is 0 Å². The van der Waals surface area contributed by atoms with E-state index < -0.39 is 59.3 Å².